The average Bonchev–Trinajstić information content (AvgIpc) is 2.08. The Balaban J connectivity index is 2.94. The molecule has 71 valence electrons. The van der Waals surface area contributed by atoms with Crippen molar-refractivity contribution in [2.24, 2.45) is 0 Å². The maximum atomic E-state index is 11.8. The van der Waals surface area contributed by atoms with Crippen LogP contribution in [0, 0.1) is 13.5 Å². The average molecular weight is 187 g/mol. The highest BCUT2D eigenvalue weighted by Gasteiger charge is 2.08. The van der Waals surface area contributed by atoms with Gasteiger partial charge in [-0.3, -0.25) is 0 Å². The molecule has 0 aromatic heterocycles. The Kier molecular flexibility index (Phi) is 3.19. The van der Waals surface area contributed by atoms with Crippen LogP contribution in [0.5, 0.6) is 5.75 Å². The molecule has 0 unspecified atom stereocenters. The lowest BCUT2D eigenvalue weighted by Crippen LogP contribution is -2.04. The molecule has 1 radical (unpaired) electrons. The molecule has 2 nitrogen and oxygen atoms in total. The third-order valence-electron chi connectivity index (χ3n) is 1.68. The molecule has 0 fully saturated rings. The van der Waals surface area contributed by atoms with Gasteiger partial charge >= 0.3 is 6.61 Å². The number of hydrogen-bond acceptors (Lipinski definition) is 2. The van der Waals surface area contributed by atoms with Crippen molar-refractivity contribution in [1.29, 1.82) is 0 Å². The number of ether oxygens (including phenoxy) is 1. The van der Waals surface area contributed by atoms with Crippen LogP contribution in [0.3, 0.4) is 0 Å². The van der Waals surface area contributed by atoms with Crippen LogP contribution in [0.4, 0.5) is 8.78 Å². The first-order chi connectivity index (χ1) is 6.15. The molecule has 0 atom stereocenters. The number of hydrogen-bond donors (Lipinski definition) is 1. The van der Waals surface area contributed by atoms with E-state index in [1.165, 1.54) is 12.1 Å². The SMILES string of the molecule is Cc1c([CH]O)cccc1OC(F)F. The van der Waals surface area contributed by atoms with Gasteiger partial charge in [-0.1, -0.05) is 12.1 Å². The van der Waals surface area contributed by atoms with Crippen LogP contribution in [-0.4, -0.2) is 11.7 Å². The van der Waals surface area contributed by atoms with Gasteiger partial charge in [-0.2, -0.15) is 8.78 Å². The van der Waals surface area contributed by atoms with Crippen LogP contribution in [0.2, 0.25) is 0 Å². The molecule has 1 aromatic carbocycles. The van der Waals surface area contributed by atoms with Gasteiger partial charge in [0.05, 0.1) is 0 Å². The van der Waals surface area contributed by atoms with Gasteiger partial charge in [-0.05, 0) is 24.1 Å². The van der Waals surface area contributed by atoms with Crippen molar-refractivity contribution >= 4 is 0 Å². The molecule has 13 heavy (non-hydrogen) atoms. The van der Waals surface area contributed by atoms with E-state index in [1.807, 2.05) is 0 Å². The van der Waals surface area contributed by atoms with Gasteiger partial charge < -0.3 is 9.84 Å². The Bertz CT molecular complexity index is 287. The maximum absolute atomic E-state index is 11.8. The van der Waals surface area contributed by atoms with Crippen LogP contribution < -0.4 is 4.74 Å². The Hall–Kier alpha value is -1.16. The Labute approximate surface area is 74.8 Å². The summed E-state index contributed by atoms with van der Waals surface area (Å²) in [5, 5.41) is 8.71. The fourth-order valence-corrected chi connectivity index (χ4v) is 0.995. The molecular formula is C9H9F2O2. The molecule has 0 bridgehead atoms. The van der Waals surface area contributed by atoms with Crippen molar-refractivity contribution in [2.75, 3.05) is 0 Å². The summed E-state index contributed by atoms with van der Waals surface area (Å²) in [5.41, 5.74) is 0.962. The van der Waals surface area contributed by atoms with E-state index < -0.39 is 6.61 Å². The lowest BCUT2D eigenvalue weighted by atomic mass is 10.1. The van der Waals surface area contributed by atoms with Gasteiger partial charge in [-0.25, -0.2) is 0 Å². The molecule has 4 heteroatoms. The normalized spacial score (nSPS) is 10.5. The minimum absolute atomic E-state index is 0.0813. The van der Waals surface area contributed by atoms with Crippen LogP contribution in [0.1, 0.15) is 11.1 Å². The number of rotatable bonds is 3. The molecule has 0 spiro atoms. The molecule has 1 rings (SSSR count). The van der Waals surface area contributed by atoms with Gasteiger partial charge in [0.25, 0.3) is 0 Å². The zero-order valence-corrected chi connectivity index (χ0v) is 7.00. The number of aliphatic hydroxyl groups is 1. The van der Waals surface area contributed by atoms with E-state index in [0.717, 1.165) is 6.61 Å². The second kappa shape index (κ2) is 4.18. The molecule has 0 aliphatic heterocycles. The predicted molar refractivity (Wildman–Crippen MR) is 43.1 cm³/mol. The minimum atomic E-state index is -2.84. The molecule has 0 saturated carbocycles. The molecular weight excluding hydrogens is 178 g/mol. The summed E-state index contributed by atoms with van der Waals surface area (Å²) in [4.78, 5) is 0. The van der Waals surface area contributed by atoms with E-state index in [1.54, 1.807) is 13.0 Å². The highest BCUT2D eigenvalue weighted by atomic mass is 19.3. The van der Waals surface area contributed by atoms with Crippen LogP contribution in [-0.2, 0) is 0 Å². The van der Waals surface area contributed by atoms with Crippen molar-refractivity contribution in [1.82, 2.24) is 0 Å². The van der Waals surface area contributed by atoms with Crippen molar-refractivity contribution < 1.29 is 18.6 Å². The number of aliphatic hydroxyl groups excluding tert-OH is 1. The summed E-state index contributed by atoms with van der Waals surface area (Å²) in [6.45, 7) is -0.388. The maximum Gasteiger partial charge on any atom is 0.387 e. The van der Waals surface area contributed by atoms with E-state index in [-0.39, 0.29) is 5.75 Å². The number of alkyl halides is 2. The van der Waals surface area contributed by atoms with E-state index in [4.69, 9.17) is 5.11 Å². The lowest BCUT2D eigenvalue weighted by molar-refractivity contribution is -0.0503. The van der Waals surface area contributed by atoms with Crippen molar-refractivity contribution in [3.8, 4) is 5.75 Å². The zero-order valence-electron chi connectivity index (χ0n) is 7.00. The van der Waals surface area contributed by atoms with E-state index in [9.17, 15) is 8.78 Å². The molecule has 0 aliphatic rings. The van der Waals surface area contributed by atoms with Crippen molar-refractivity contribution in [3.05, 3.63) is 35.9 Å². The largest absolute Gasteiger partial charge is 0.435 e. The summed E-state index contributed by atoms with van der Waals surface area (Å²) in [7, 11) is 0. The second-order valence-electron chi connectivity index (χ2n) is 2.48. The fraction of sp³-hybridized carbons (Fsp3) is 0.222. The minimum Gasteiger partial charge on any atom is -0.435 e. The first kappa shape index (κ1) is 9.92. The molecule has 1 aromatic rings. The Morgan fingerprint density at radius 2 is 2.15 bits per heavy atom. The molecule has 0 heterocycles. The fourth-order valence-electron chi connectivity index (χ4n) is 0.995. The lowest BCUT2D eigenvalue weighted by Gasteiger charge is -2.09. The highest BCUT2D eigenvalue weighted by Crippen LogP contribution is 2.23. The molecule has 0 saturated heterocycles. The topological polar surface area (TPSA) is 29.5 Å². The van der Waals surface area contributed by atoms with Crippen LogP contribution in [0.25, 0.3) is 0 Å². The van der Waals surface area contributed by atoms with Crippen LogP contribution in [0.15, 0.2) is 18.2 Å². The third kappa shape index (κ3) is 2.39. The van der Waals surface area contributed by atoms with Crippen LogP contribution >= 0.6 is 0 Å². The summed E-state index contributed by atoms with van der Waals surface area (Å²) in [5.74, 6) is 0.0813. The van der Waals surface area contributed by atoms with E-state index >= 15 is 0 Å². The van der Waals surface area contributed by atoms with Crippen molar-refractivity contribution in [2.45, 2.75) is 13.5 Å². The summed E-state index contributed by atoms with van der Waals surface area (Å²) < 4.78 is 27.9. The number of halogens is 2. The number of benzene rings is 1. The first-order valence-electron chi connectivity index (χ1n) is 3.67. The van der Waals surface area contributed by atoms with Gasteiger partial charge in [0, 0.05) is 0 Å². The van der Waals surface area contributed by atoms with Gasteiger partial charge in [0.15, 0.2) is 0 Å². The Morgan fingerprint density at radius 3 is 2.69 bits per heavy atom. The van der Waals surface area contributed by atoms with Gasteiger partial charge in [0.1, 0.15) is 12.4 Å². The third-order valence-corrected chi connectivity index (χ3v) is 1.68. The van der Waals surface area contributed by atoms with Gasteiger partial charge in [-0.15, -0.1) is 0 Å². The Morgan fingerprint density at radius 1 is 1.46 bits per heavy atom. The summed E-state index contributed by atoms with van der Waals surface area (Å²) >= 11 is 0. The first-order valence-corrected chi connectivity index (χ1v) is 3.67. The molecule has 0 amide bonds. The second-order valence-corrected chi connectivity index (χ2v) is 2.48. The van der Waals surface area contributed by atoms with Gasteiger partial charge in [0.2, 0.25) is 0 Å². The summed E-state index contributed by atoms with van der Waals surface area (Å²) in [6, 6.07) is 4.56. The zero-order chi connectivity index (χ0) is 9.84. The quantitative estimate of drug-likeness (QED) is 0.787. The monoisotopic (exact) mass is 187 g/mol. The summed E-state index contributed by atoms with van der Waals surface area (Å²) in [6.07, 6.45) is 0. The van der Waals surface area contributed by atoms with E-state index in [0.29, 0.717) is 11.1 Å². The standard InChI is InChI=1S/C9H9F2O2/c1-6-7(5-12)3-2-4-8(6)13-9(10)11/h2-5,9,12H,1H3. The smallest absolute Gasteiger partial charge is 0.387 e. The predicted octanol–water partition coefficient (Wildman–Crippen LogP) is 2.48. The van der Waals surface area contributed by atoms with E-state index in [2.05, 4.69) is 4.74 Å². The van der Waals surface area contributed by atoms with Crippen molar-refractivity contribution in [3.63, 3.8) is 0 Å². The highest BCUT2D eigenvalue weighted by molar-refractivity contribution is 5.41. The molecule has 1 N–H and O–H groups in total. The molecule has 0 aliphatic carbocycles.